The quantitative estimate of drug-likeness (QED) is 0.657. The minimum Gasteiger partial charge on any atom is -0.336 e. The number of carbonyl (C=O) groups excluding carboxylic acids is 1. The molecule has 2 atom stereocenters. The van der Waals surface area contributed by atoms with Gasteiger partial charge in [0, 0.05) is 25.1 Å². The van der Waals surface area contributed by atoms with Gasteiger partial charge in [-0.1, -0.05) is 12.1 Å². The molecule has 1 heterocycles. The summed E-state index contributed by atoms with van der Waals surface area (Å²) in [4.78, 5) is 23.9. The number of nitrogens with two attached hydrogens (primary N) is 1. The number of hydrogen-bond donors (Lipinski definition) is 1. The zero-order chi connectivity index (χ0) is 14.0. The molecule has 2 rings (SSSR count). The first-order chi connectivity index (χ1) is 9.02. The molecule has 0 bridgehead atoms. The van der Waals surface area contributed by atoms with Gasteiger partial charge < -0.3 is 10.6 Å². The molecule has 0 aromatic heterocycles. The summed E-state index contributed by atoms with van der Waals surface area (Å²) in [6.07, 6.45) is 0.494. The average molecular weight is 263 g/mol. The Hall–Kier alpha value is -1.95. The van der Waals surface area contributed by atoms with Crippen LogP contribution in [0, 0.1) is 16.0 Å². The maximum atomic E-state index is 11.9. The lowest BCUT2D eigenvalue weighted by molar-refractivity contribution is -0.384. The van der Waals surface area contributed by atoms with Crippen molar-refractivity contribution in [3.8, 4) is 0 Å². The number of hydrogen-bond acceptors (Lipinski definition) is 4. The van der Waals surface area contributed by atoms with E-state index in [0.29, 0.717) is 19.5 Å². The second-order valence-corrected chi connectivity index (χ2v) is 4.88. The van der Waals surface area contributed by atoms with E-state index in [1.54, 1.807) is 17.0 Å². The molecular formula is C13H17N3O3. The highest BCUT2D eigenvalue weighted by molar-refractivity contribution is 5.79. The van der Waals surface area contributed by atoms with Gasteiger partial charge in [-0.3, -0.25) is 14.9 Å². The lowest BCUT2D eigenvalue weighted by Gasteiger charge is -2.25. The number of non-ortho nitro benzene ring substituents is 1. The summed E-state index contributed by atoms with van der Waals surface area (Å²) in [5, 5.41) is 10.6. The van der Waals surface area contributed by atoms with E-state index in [0.717, 1.165) is 5.56 Å². The first-order valence-electron chi connectivity index (χ1n) is 6.26. The van der Waals surface area contributed by atoms with Crippen LogP contribution in [0.4, 0.5) is 5.69 Å². The largest absolute Gasteiger partial charge is 0.336 e. The van der Waals surface area contributed by atoms with Gasteiger partial charge in [0.2, 0.25) is 5.91 Å². The minimum absolute atomic E-state index is 0.0588. The predicted molar refractivity (Wildman–Crippen MR) is 70.4 cm³/mol. The third-order valence-corrected chi connectivity index (χ3v) is 3.63. The fourth-order valence-electron chi connectivity index (χ4n) is 2.40. The van der Waals surface area contributed by atoms with E-state index in [1.165, 1.54) is 12.1 Å². The van der Waals surface area contributed by atoms with Crippen LogP contribution in [0.15, 0.2) is 24.3 Å². The zero-order valence-corrected chi connectivity index (χ0v) is 10.8. The molecule has 1 aliphatic rings. The molecular weight excluding hydrogens is 246 g/mol. The monoisotopic (exact) mass is 263 g/mol. The topological polar surface area (TPSA) is 89.5 Å². The summed E-state index contributed by atoms with van der Waals surface area (Å²) in [6, 6.07) is 6.25. The van der Waals surface area contributed by atoms with Crippen molar-refractivity contribution in [1.29, 1.82) is 0 Å². The molecule has 1 unspecified atom stereocenters. The van der Waals surface area contributed by atoms with Crippen LogP contribution >= 0.6 is 0 Å². The third-order valence-electron chi connectivity index (χ3n) is 3.63. The molecule has 1 saturated heterocycles. The Labute approximate surface area is 111 Å². The highest BCUT2D eigenvalue weighted by Crippen LogP contribution is 2.28. The fraction of sp³-hybridized carbons (Fsp3) is 0.462. The Balaban J connectivity index is 2.13. The molecule has 0 saturated carbocycles. The smallest absolute Gasteiger partial charge is 0.269 e. The van der Waals surface area contributed by atoms with Crippen molar-refractivity contribution in [2.24, 2.45) is 11.7 Å². The Bertz CT molecular complexity index is 486. The van der Waals surface area contributed by atoms with Crippen LogP contribution in [0.5, 0.6) is 0 Å². The first-order valence-corrected chi connectivity index (χ1v) is 6.26. The zero-order valence-electron chi connectivity index (χ0n) is 10.8. The predicted octanol–water partition coefficient (Wildman–Crippen LogP) is 1.46. The molecule has 102 valence electrons. The van der Waals surface area contributed by atoms with E-state index in [-0.39, 0.29) is 23.6 Å². The van der Waals surface area contributed by atoms with Gasteiger partial charge in [0.1, 0.15) is 0 Å². The standard InChI is InChI=1S/C13H17N3O3/c1-9(15-8-10(7-14)6-13(15)17)11-2-4-12(5-3-11)16(18)19/h2-5,9-10H,6-8,14H2,1H3/t9-,10?/m0/s1. The van der Waals surface area contributed by atoms with Gasteiger partial charge in [-0.2, -0.15) is 0 Å². The average Bonchev–Trinajstić information content (AvgIpc) is 2.79. The molecule has 1 fully saturated rings. The van der Waals surface area contributed by atoms with E-state index >= 15 is 0 Å². The van der Waals surface area contributed by atoms with Gasteiger partial charge in [0.05, 0.1) is 11.0 Å². The van der Waals surface area contributed by atoms with Gasteiger partial charge in [-0.15, -0.1) is 0 Å². The van der Waals surface area contributed by atoms with E-state index in [4.69, 9.17) is 5.73 Å². The van der Waals surface area contributed by atoms with Crippen LogP contribution < -0.4 is 5.73 Å². The Kier molecular flexibility index (Phi) is 3.80. The number of nitro benzene ring substituents is 1. The molecule has 6 nitrogen and oxygen atoms in total. The first kappa shape index (κ1) is 13.5. The Morgan fingerprint density at radius 3 is 2.58 bits per heavy atom. The number of benzene rings is 1. The molecule has 1 aromatic carbocycles. The van der Waals surface area contributed by atoms with Crippen LogP contribution in [0.3, 0.4) is 0 Å². The van der Waals surface area contributed by atoms with Gasteiger partial charge in [0.15, 0.2) is 0 Å². The van der Waals surface area contributed by atoms with Gasteiger partial charge >= 0.3 is 0 Å². The second kappa shape index (κ2) is 5.36. The number of likely N-dealkylation sites (tertiary alicyclic amines) is 1. The molecule has 1 aliphatic heterocycles. The number of nitro groups is 1. The molecule has 1 amide bonds. The molecule has 0 aliphatic carbocycles. The third kappa shape index (κ3) is 2.73. The molecule has 1 aromatic rings. The number of rotatable bonds is 4. The van der Waals surface area contributed by atoms with Gasteiger partial charge in [-0.25, -0.2) is 0 Å². The summed E-state index contributed by atoms with van der Waals surface area (Å²) in [5.41, 5.74) is 6.55. The van der Waals surface area contributed by atoms with Crippen molar-refractivity contribution in [3.05, 3.63) is 39.9 Å². The number of carbonyl (C=O) groups is 1. The summed E-state index contributed by atoms with van der Waals surface area (Å²) in [5.74, 6) is 0.314. The Morgan fingerprint density at radius 2 is 2.11 bits per heavy atom. The molecule has 0 radical (unpaired) electrons. The Morgan fingerprint density at radius 1 is 1.47 bits per heavy atom. The SMILES string of the molecule is C[C@@H](c1ccc([N+](=O)[O-])cc1)N1CC(CN)CC1=O. The summed E-state index contributed by atoms with van der Waals surface area (Å²) >= 11 is 0. The normalized spacial score (nSPS) is 20.6. The van der Waals surface area contributed by atoms with Crippen molar-refractivity contribution >= 4 is 11.6 Å². The van der Waals surface area contributed by atoms with Crippen molar-refractivity contribution in [3.63, 3.8) is 0 Å². The van der Waals surface area contributed by atoms with Crippen molar-refractivity contribution in [2.45, 2.75) is 19.4 Å². The lowest BCUT2D eigenvalue weighted by atomic mass is 10.1. The summed E-state index contributed by atoms with van der Waals surface area (Å²) < 4.78 is 0. The molecule has 2 N–H and O–H groups in total. The highest BCUT2D eigenvalue weighted by Gasteiger charge is 2.32. The number of amides is 1. The summed E-state index contributed by atoms with van der Waals surface area (Å²) in [7, 11) is 0. The van der Waals surface area contributed by atoms with Crippen molar-refractivity contribution < 1.29 is 9.72 Å². The van der Waals surface area contributed by atoms with Gasteiger partial charge in [0.25, 0.3) is 5.69 Å². The summed E-state index contributed by atoms with van der Waals surface area (Å²) in [6.45, 7) is 3.10. The van der Waals surface area contributed by atoms with Crippen molar-refractivity contribution in [2.75, 3.05) is 13.1 Å². The van der Waals surface area contributed by atoms with E-state index < -0.39 is 4.92 Å². The highest BCUT2D eigenvalue weighted by atomic mass is 16.6. The van der Waals surface area contributed by atoms with Crippen LogP contribution in [0.25, 0.3) is 0 Å². The molecule has 19 heavy (non-hydrogen) atoms. The van der Waals surface area contributed by atoms with Crippen LogP contribution in [-0.2, 0) is 4.79 Å². The maximum Gasteiger partial charge on any atom is 0.269 e. The van der Waals surface area contributed by atoms with Crippen molar-refractivity contribution in [1.82, 2.24) is 4.90 Å². The minimum atomic E-state index is -0.431. The molecule has 0 spiro atoms. The second-order valence-electron chi connectivity index (χ2n) is 4.88. The lowest BCUT2D eigenvalue weighted by Crippen LogP contribution is -2.29. The van der Waals surface area contributed by atoms with Gasteiger partial charge in [-0.05, 0) is 24.9 Å². The van der Waals surface area contributed by atoms with E-state index in [2.05, 4.69) is 0 Å². The van der Waals surface area contributed by atoms with Crippen LogP contribution in [-0.4, -0.2) is 28.8 Å². The van der Waals surface area contributed by atoms with Crippen LogP contribution in [0.2, 0.25) is 0 Å². The molecule has 6 heteroatoms. The maximum absolute atomic E-state index is 11.9. The number of nitrogens with zero attached hydrogens (tertiary/aromatic N) is 2. The fourth-order valence-corrected chi connectivity index (χ4v) is 2.40. The van der Waals surface area contributed by atoms with E-state index in [9.17, 15) is 14.9 Å². The van der Waals surface area contributed by atoms with Crippen LogP contribution in [0.1, 0.15) is 24.9 Å². The van der Waals surface area contributed by atoms with E-state index in [1.807, 2.05) is 6.92 Å².